The lowest BCUT2D eigenvalue weighted by molar-refractivity contribution is -0.151. The molecule has 0 radical (unpaired) electrons. The van der Waals surface area contributed by atoms with Crippen LogP contribution in [0.4, 0.5) is 0 Å². The molecule has 0 aliphatic heterocycles. The highest BCUT2D eigenvalue weighted by Gasteiger charge is 2.52. The highest BCUT2D eigenvalue weighted by atomic mass is 16.5. The van der Waals surface area contributed by atoms with Crippen LogP contribution in [0.25, 0.3) is 0 Å². The van der Waals surface area contributed by atoms with Crippen molar-refractivity contribution < 1.29 is 9.53 Å². The maximum Gasteiger partial charge on any atom is 0.327 e. The normalized spacial score (nSPS) is 20.0. The van der Waals surface area contributed by atoms with Gasteiger partial charge in [-0.15, -0.1) is 0 Å². The first kappa shape index (κ1) is 17.4. The van der Waals surface area contributed by atoms with Gasteiger partial charge in [0.25, 0.3) is 0 Å². The lowest BCUT2D eigenvalue weighted by atomic mass is 9.90. The van der Waals surface area contributed by atoms with E-state index >= 15 is 0 Å². The number of hydrogen-bond acceptors (Lipinski definition) is 4. The molecule has 20 heavy (non-hydrogen) atoms. The fourth-order valence-corrected chi connectivity index (χ4v) is 3.04. The summed E-state index contributed by atoms with van der Waals surface area (Å²) in [5, 5.41) is 3.52. The molecule has 0 aromatic carbocycles. The van der Waals surface area contributed by atoms with E-state index in [0.717, 1.165) is 32.2 Å². The van der Waals surface area contributed by atoms with Crippen molar-refractivity contribution >= 4 is 5.97 Å². The van der Waals surface area contributed by atoms with Gasteiger partial charge < -0.3 is 9.64 Å². The number of hydrogen-bond donors (Lipinski definition) is 1. The smallest absolute Gasteiger partial charge is 0.327 e. The standard InChI is InChI=1S/C16H32N2O2/c1-7-8-13(4)18(5)11-16(14-9-10-14,15(19)20-6)17-12(2)3/h12-14,17H,7-11H2,1-6H3. The molecule has 0 aromatic heterocycles. The van der Waals surface area contributed by atoms with E-state index in [1.807, 2.05) is 0 Å². The zero-order chi connectivity index (χ0) is 15.3. The number of ether oxygens (including phenoxy) is 1. The topological polar surface area (TPSA) is 41.6 Å². The molecule has 0 aromatic rings. The number of methoxy groups -OCH3 is 1. The summed E-state index contributed by atoms with van der Waals surface area (Å²) in [4.78, 5) is 14.8. The van der Waals surface area contributed by atoms with Crippen molar-refractivity contribution in [1.82, 2.24) is 10.2 Å². The monoisotopic (exact) mass is 284 g/mol. The second kappa shape index (κ2) is 7.41. The minimum Gasteiger partial charge on any atom is -0.468 e. The van der Waals surface area contributed by atoms with E-state index < -0.39 is 5.54 Å². The van der Waals surface area contributed by atoms with Crippen LogP contribution in [0.5, 0.6) is 0 Å². The minimum absolute atomic E-state index is 0.107. The lowest BCUT2D eigenvalue weighted by Gasteiger charge is -2.39. The van der Waals surface area contributed by atoms with Crippen molar-refractivity contribution in [1.29, 1.82) is 0 Å². The first-order valence-corrected chi connectivity index (χ1v) is 7.93. The molecule has 0 heterocycles. The predicted molar refractivity (Wildman–Crippen MR) is 82.7 cm³/mol. The first-order chi connectivity index (χ1) is 9.37. The van der Waals surface area contributed by atoms with Crippen LogP contribution in [0, 0.1) is 5.92 Å². The Labute approximate surface area is 124 Å². The molecule has 2 unspecified atom stereocenters. The Hall–Kier alpha value is -0.610. The molecule has 0 saturated heterocycles. The van der Waals surface area contributed by atoms with Gasteiger partial charge in [0.05, 0.1) is 7.11 Å². The van der Waals surface area contributed by atoms with Crippen LogP contribution >= 0.6 is 0 Å². The molecule has 4 nitrogen and oxygen atoms in total. The van der Waals surface area contributed by atoms with Crippen molar-refractivity contribution in [2.24, 2.45) is 5.92 Å². The van der Waals surface area contributed by atoms with E-state index in [1.165, 1.54) is 7.11 Å². The summed E-state index contributed by atoms with van der Waals surface area (Å²) in [7, 11) is 3.61. The Bertz CT molecular complexity index is 316. The van der Waals surface area contributed by atoms with Crippen molar-refractivity contribution in [2.45, 2.75) is 71.0 Å². The first-order valence-electron chi connectivity index (χ1n) is 7.93. The van der Waals surface area contributed by atoms with Gasteiger partial charge in [-0.1, -0.05) is 13.3 Å². The van der Waals surface area contributed by atoms with Gasteiger partial charge in [-0.05, 0) is 53.0 Å². The van der Waals surface area contributed by atoms with Crippen LogP contribution in [0.3, 0.4) is 0 Å². The summed E-state index contributed by atoms with van der Waals surface area (Å²) in [5.41, 5.74) is -0.542. The van der Waals surface area contributed by atoms with Crippen LogP contribution in [-0.2, 0) is 9.53 Å². The van der Waals surface area contributed by atoms with E-state index in [9.17, 15) is 4.79 Å². The molecule has 1 aliphatic carbocycles. The Morgan fingerprint density at radius 1 is 1.40 bits per heavy atom. The Morgan fingerprint density at radius 3 is 2.40 bits per heavy atom. The maximum atomic E-state index is 12.5. The summed E-state index contributed by atoms with van der Waals surface area (Å²) < 4.78 is 5.13. The van der Waals surface area contributed by atoms with Crippen molar-refractivity contribution in [2.75, 3.05) is 20.7 Å². The highest BCUT2D eigenvalue weighted by molar-refractivity contribution is 5.82. The van der Waals surface area contributed by atoms with Crippen LogP contribution < -0.4 is 5.32 Å². The summed E-state index contributed by atoms with van der Waals surface area (Å²) in [5.74, 6) is 0.304. The van der Waals surface area contributed by atoms with Crippen LogP contribution in [0.1, 0.15) is 53.4 Å². The minimum atomic E-state index is -0.542. The Morgan fingerprint density at radius 2 is 2.00 bits per heavy atom. The van der Waals surface area contributed by atoms with Gasteiger partial charge in [-0.25, -0.2) is 4.79 Å². The Kier molecular flexibility index (Phi) is 6.46. The molecule has 1 rings (SSSR count). The molecule has 1 fully saturated rings. The van der Waals surface area contributed by atoms with Gasteiger partial charge >= 0.3 is 5.97 Å². The number of likely N-dealkylation sites (N-methyl/N-ethyl adjacent to an activating group) is 1. The van der Waals surface area contributed by atoms with E-state index in [0.29, 0.717) is 12.0 Å². The molecule has 0 bridgehead atoms. The third-order valence-electron chi connectivity index (χ3n) is 4.33. The molecule has 4 heteroatoms. The van der Waals surface area contributed by atoms with Crippen LogP contribution in [0.15, 0.2) is 0 Å². The number of carbonyl (C=O) groups is 1. The molecular weight excluding hydrogens is 252 g/mol. The average molecular weight is 284 g/mol. The number of carbonyl (C=O) groups excluding carboxylic acids is 1. The van der Waals surface area contributed by atoms with E-state index in [2.05, 4.69) is 45.0 Å². The molecule has 1 saturated carbocycles. The van der Waals surface area contributed by atoms with Crippen molar-refractivity contribution in [3.63, 3.8) is 0 Å². The number of rotatable bonds is 9. The van der Waals surface area contributed by atoms with Crippen LogP contribution in [0.2, 0.25) is 0 Å². The molecular formula is C16H32N2O2. The van der Waals surface area contributed by atoms with Crippen molar-refractivity contribution in [3.8, 4) is 0 Å². The fraction of sp³-hybridized carbons (Fsp3) is 0.938. The van der Waals surface area contributed by atoms with Gasteiger partial charge in [-0.2, -0.15) is 0 Å². The van der Waals surface area contributed by atoms with Gasteiger partial charge in [0.15, 0.2) is 0 Å². The number of esters is 1. The molecule has 1 N–H and O–H groups in total. The molecule has 118 valence electrons. The van der Waals surface area contributed by atoms with Gasteiger partial charge in [0.1, 0.15) is 5.54 Å². The summed E-state index contributed by atoms with van der Waals surface area (Å²) >= 11 is 0. The van der Waals surface area contributed by atoms with E-state index in [4.69, 9.17) is 4.74 Å². The average Bonchev–Trinajstić information content (AvgIpc) is 3.20. The quantitative estimate of drug-likeness (QED) is 0.660. The fourth-order valence-electron chi connectivity index (χ4n) is 3.04. The lowest BCUT2D eigenvalue weighted by Crippen LogP contribution is -2.63. The third-order valence-corrected chi connectivity index (χ3v) is 4.33. The summed E-state index contributed by atoms with van der Waals surface area (Å²) in [6.45, 7) is 9.34. The van der Waals surface area contributed by atoms with Gasteiger partial charge in [0.2, 0.25) is 0 Å². The zero-order valence-corrected chi connectivity index (χ0v) is 14.0. The summed E-state index contributed by atoms with van der Waals surface area (Å²) in [6, 6.07) is 0.751. The number of nitrogens with one attached hydrogen (secondary N) is 1. The molecule has 0 amide bonds. The third kappa shape index (κ3) is 4.19. The number of nitrogens with zero attached hydrogens (tertiary/aromatic N) is 1. The molecule has 0 spiro atoms. The van der Waals surface area contributed by atoms with E-state index in [1.54, 1.807) is 0 Å². The largest absolute Gasteiger partial charge is 0.468 e. The molecule has 2 atom stereocenters. The highest BCUT2D eigenvalue weighted by Crippen LogP contribution is 2.41. The Balaban J connectivity index is 2.88. The second-order valence-electron chi connectivity index (χ2n) is 6.59. The summed E-state index contributed by atoms with van der Waals surface area (Å²) in [6.07, 6.45) is 4.55. The zero-order valence-electron chi connectivity index (χ0n) is 14.0. The SMILES string of the molecule is CCCC(C)N(C)CC(NC(C)C)(C(=O)OC)C1CC1. The van der Waals surface area contributed by atoms with Gasteiger partial charge in [0, 0.05) is 18.6 Å². The van der Waals surface area contributed by atoms with Gasteiger partial charge in [-0.3, -0.25) is 5.32 Å². The molecule has 1 aliphatic rings. The van der Waals surface area contributed by atoms with Crippen LogP contribution in [-0.4, -0.2) is 49.2 Å². The second-order valence-corrected chi connectivity index (χ2v) is 6.59. The van der Waals surface area contributed by atoms with E-state index in [-0.39, 0.29) is 12.0 Å². The van der Waals surface area contributed by atoms with Crippen molar-refractivity contribution in [3.05, 3.63) is 0 Å². The maximum absolute atomic E-state index is 12.5. The predicted octanol–water partition coefficient (Wildman–Crippen LogP) is 2.43.